The Bertz CT molecular complexity index is 881. The van der Waals surface area contributed by atoms with E-state index < -0.39 is 6.04 Å². The Labute approximate surface area is 162 Å². The van der Waals surface area contributed by atoms with E-state index in [0.717, 1.165) is 16.8 Å². The van der Waals surface area contributed by atoms with E-state index in [1.165, 1.54) is 23.9 Å². The number of allylic oxidation sites excluding steroid dienone is 1. The molecule has 1 atom stereocenters. The lowest BCUT2D eigenvalue weighted by atomic mass is 9.97. The van der Waals surface area contributed by atoms with E-state index in [1.54, 1.807) is 13.0 Å². The van der Waals surface area contributed by atoms with Gasteiger partial charge in [-0.3, -0.25) is 0 Å². The van der Waals surface area contributed by atoms with Crippen molar-refractivity contribution in [2.24, 2.45) is 4.99 Å². The number of carbonyl (C=O) groups excluding carboxylic acids is 1. The van der Waals surface area contributed by atoms with Crippen molar-refractivity contribution in [1.82, 2.24) is 5.32 Å². The summed E-state index contributed by atoms with van der Waals surface area (Å²) in [5.74, 6) is -0.0450. The van der Waals surface area contributed by atoms with Gasteiger partial charge >= 0.3 is 5.97 Å². The minimum absolute atomic E-state index is 0.255. The zero-order valence-corrected chi connectivity index (χ0v) is 16.1. The predicted molar refractivity (Wildman–Crippen MR) is 107 cm³/mol. The zero-order chi connectivity index (χ0) is 19.2. The molecule has 2 aromatic rings. The van der Waals surface area contributed by atoms with Crippen LogP contribution in [-0.2, 0) is 15.3 Å². The Morgan fingerprint density at radius 3 is 2.70 bits per heavy atom. The molecule has 0 unspecified atom stereocenters. The van der Waals surface area contributed by atoms with E-state index in [4.69, 9.17) is 9.73 Å². The van der Waals surface area contributed by atoms with Crippen LogP contribution in [0.2, 0.25) is 0 Å². The number of nitrogens with one attached hydrogen (secondary N) is 1. The molecule has 27 heavy (non-hydrogen) atoms. The van der Waals surface area contributed by atoms with Gasteiger partial charge in [-0.2, -0.15) is 0 Å². The van der Waals surface area contributed by atoms with Gasteiger partial charge < -0.3 is 10.1 Å². The third-order valence-electron chi connectivity index (χ3n) is 4.09. The molecule has 140 valence electrons. The maximum absolute atomic E-state index is 13.4. The molecule has 1 N–H and O–H groups in total. The van der Waals surface area contributed by atoms with Crippen LogP contribution in [0.15, 0.2) is 70.9 Å². The standard InChI is InChI=1S/C21H21FN2O2S/c1-3-26-20(25)18-14(2)23-21(24-19(18)16-9-5-4-6-10-16)27-13-15-8-7-11-17(22)12-15/h4-12,19H,3,13H2,1-2H3,(H,23,24)/t19-/m0/s1. The molecule has 0 aromatic heterocycles. The van der Waals surface area contributed by atoms with Crippen LogP contribution in [0, 0.1) is 5.82 Å². The predicted octanol–water partition coefficient (Wildman–Crippen LogP) is 4.60. The lowest BCUT2D eigenvalue weighted by Crippen LogP contribution is -2.30. The number of esters is 1. The van der Waals surface area contributed by atoms with Gasteiger partial charge in [-0.1, -0.05) is 54.2 Å². The Morgan fingerprint density at radius 1 is 1.22 bits per heavy atom. The summed E-state index contributed by atoms with van der Waals surface area (Å²) < 4.78 is 18.6. The molecule has 0 spiro atoms. The van der Waals surface area contributed by atoms with E-state index in [1.807, 2.05) is 43.3 Å². The van der Waals surface area contributed by atoms with Gasteiger partial charge in [-0.05, 0) is 37.1 Å². The molecule has 2 aromatic carbocycles. The summed E-state index contributed by atoms with van der Waals surface area (Å²) in [5.41, 5.74) is 3.03. The van der Waals surface area contributed by atoms with Crippen LogP contribution in [0.3, 0.4) is 0 Å². The van der Waals surface area contributed by atoms with Gasteiger partial charge in [0.15, 0.2) is 5.17 Å². The highest BCUT2D eigenvalue weighted by Gasteiger charge is 2.30. The van der Waals surface area contributed by atoms with E-state index in [0.29, 0.717) is 23.1 Å². The molecule has 0 radical (unpaired) electrons. The molecule has 1 aliphatic rings. The molecule has 0 saturated carbocycles. The summed E-state index contributed by atoms with van der Waals surface area (Å²) in [5, 5.41) is 3.88. The second kappa shape index (κ2) is 8.86. The van der Waals surface area contributed by atoms with Gasteiger partial charge in [0, 0.05) is 11.4 Å². The first kappa shape index (κ1) is 19.2. The number of rotatable bonds is 5. The third kappa shape index (κ3) is 4.77. The first-order valence-electron chi connectivity index (χ1n) is 8.73. The third-order valence-corrected chi connectivity index (χ3v) is 5.05. The average Bonchev–Trinajstić information content (AvgIpc) is 2.67. The van der Waals surface area contributed by atoms with Crippen molar-refractivity contribution < 1.29 is 13.9 Å². The summed E-state index contributed by atoms with van der Waals surface area (Å²) in [4.78, 5) is 17.2. The lowest BCUT2D eigenvalue weighted by molar-refractivity contribution is -0.138. The fourth-order valence-corrected chi connectivity index (χ4v) is 3.74. The van der Waals surface area contributed by atoms with E-state index in [2.05, 4.69) is 5.32 Å². The molecule has 1 heterocycles. The van der Waals surface area contributed by atoms with Crippen LogP contribution < -0.4 is 5.32 Å². The first-order valence-corrected chi connectivity index (χ1v) is 9.72. The van der Waals surface area contributed by atoms with Crippen molar-refractivity contribution in [2.45, 2.75) is 25.6 Å². The van der Waals surface area contributed by atoms with Crippen LogP contribution in [-0.4, -0.2) is 17.7 Å². The fourth-order valence-electron chi connectivity index (χ4n) is 2.85. The minimum atomic E-state index is -0.429. The maximum atomic E-state index is 13.4. The number of aliphatic imine (C=N–C) groups is 1. The number of hydrogen-bond donors (Lipinski definition) is 1. The number of thioether (sulfide) groups is 1. The van der Waals surface area contributed by atoms with Crippen molar-refractivity contribution in [3.05, 3.63) is 82.8 Å². The molecule has 0 amide bonds. The first-order chi connectivity index (χ1) is 13.1. The zero-order valence-electron chi connectivity index (χ0n) is 15.2. The molecule has 0 bridgehead atoms. The van der Waals surface area contributed by atoms with Crippen molar-refractivity contribution in [3.63, 3.8) is 0 Å². The minimum Gasteiger partial charge on any atom is -0.463 e. The largest absolute Gasteiger partial charge is 0.463 e. The molecular formula is C21H21FN2O2S. The van der Waals surface area contributed by atoms with E-state index in [9.17, 15) is 9.18 Å². The number of benzene rings is 2. The summed E-state index contributed by atoms with van der Waals surface area (Å²) in [6.07, 6.45) is 0. The SMILES string of the molecule is CCOC(=O)C1=C(C)NC(SCc2cccc(F)c2)=N[C@H]1c1ccccc1. The summed E-state index contributed by atoms with van der Waals surface area (Å²) >= 11 is 1.47. The number of amidine groups is 1. The van der Waals surface area contributed by atoms with Crippen LogP contribution in [0.4, 0.5) is 4.39 Å². The van der Waals surface area contributed by atoms with Gasteiger partial charge in [0.1, 0.15) is 11.9 Å². The Hall–Kier alpha value is -2.60. The fraction of sp³-hybridized carbons (Fsp3) is 0.238. The normalized spacial score (nSPS) is 16.6. The van der Waals surface area contributed by atoms with Gasteiger partial charge in [0.05, 0.1) is 12.2 Å². The number of ether oxygens (including phenoxy) is 1. The van der Waals surface area contributed by atoms with E-state index in [-0.39, 0.29) is 11.8 Å². The Balaban J connectivity index is 1.85. The summed E-state index contributed by atoms with van der Waals surface area (Å²) in [7, 11) is 0. The topological polar surface area (TPSA) is 50.7 Å². The Kier molecular flexibility index (Phi) is 6.29. The second-order valence-electron chi connectivity index (χ2n) is 6.05. The average molecular weight is 384 g/mol. The molecular weight excluding hydrogens is 363 g/mol. The second-order valence-corrected chi connectivity index (χ2v) is 7.01. The highest BCUT2D eigenvalue weighted by atomic mass is 32.2. The molecule has 0 aliphatic carbocycles. The van der Waals surface area contributed by atoms with Crippen LogP contribution >= 0.6 is 11.8 Å². The van der Waals surface area contributed by atoms with Crippen LogP contribution in [0.1, 0.15) is 31.0 Å². The van der Waals surface area contributed by atoms with Gasteiger partial charge in [-0.15, -0.1) is 0 Å². The summed E-state index contributed by atoms with van der Waals surface area (Å²) in [6.45, 7) is 3.94. The highest BCUT2D eigenvalue weighted by Crippen LogP contribution is 2.33. The van der Waals surface area contributed by atoms with E-state index >= 15 is 0 Å². The number of halogens is 1. The number of hydrogen-bond acceptors (Lipinski definition) is 5. The molecule has 6 heteroatoms. The molecule has 4 nitrogen and oxygen atoms in total. The van der Waals surface area contributed by atoms with Crippen molar-refractivity contribution in [1.29, 1.82) is 0 Å². The molecule has 0 fully saturated rings. The maximum Gasteiger partial charge on any atom is 0.338 e. The number of nitrogens with zero attached hydrogens (tertiary/aromatic N) is 1. The van der Waals surface area contributed by atoms with Crippen molar-refractivity contribution >= 4 is 22.9 Å². The van der Waals surface area contributed by atoms with Crippen molar-refractivity contribution in [3.8, 4) is 0 Å². The molecule has 3 rings (SSSR count). The quantitative estimate of drug-likeness (QED) is 0.766. The lowest BCUT2D eigenvalue weighted by Gasteiger charge is -2.25. The van der Waals surface area contributed by atoms with Crippen LogP contribution in [0.25, 0.3) is 0 Å². The Morgan fingerprint density at radius 2 is 2.00 bits per heavy atom. The number of carbonyl (C=O) groups is 1. The summed E-state index contributed by atoms with van der Waals surface area (Å²) in [6, 6.07) is 15.7. The smallest absolute Gasteiger partial charge is 0.338 e. The molecule has 1 aliphatic heterocycles. The monoisotopic (exact) mass is 384 g/mol. The van der Waals surface area contributed by atoms with Crippen molar-refractivity contribution in [2.75, 3.05) is 6.61 Å². The van der Waals surface area contributed by atoms with Gasteiger partial charge in [0.25, 0.3) is 0 Å². The van der Waals surface area contributed by atoms with Gasteiger partial charge in [0.2, 0.25) is 0 Å². The highest BCUT2D eigenvalue weighted by molar-refractivity contribution is 8.13. The van der Waals surface area contributed by atoms with Crippen LogP contribution in [0.5, 0.6) is 0 Å². The molecule has 0 saturated heterocycles. The van der Waals surface area contributed by atoms with Gasteiger partial charge in [-0.25, -0.2) is 14.2 Å².